The molecule has 1 saturated carbocycles. The fourth-order valence-electron chi connectivity index (χ4n) is 3.29. The van der Waals surface area contributed by atoms with Crippen molar-refractivity contribution < 1.29 is 4.79 Å². The highest BCUT2D eigenvalue weighted by atomic mass is 35.5. The predicted molar refractivity (Wildman–Crippen MR) is 103 cm³/mol. The van der Waals surface area contributed by atoms with Crippen LogP contribution in [0.25, 0.3) is 0 Å². The summed E-state index contributed by atoms with van der Waals surface area (Å²) in [5.41, 5.74) is 2.26. The number of amides is 1. The summed E-state index contributed by atoms with van der Waals surface area (Å²) >= 11 is 6.31. The Bertz CT molecular complexity index is 720. The van der Waals surface area contributed by atoms with Gasteiger partial charge in [0, 0.05) is 35.4 Å². The molecule has 0 bridgehead atoms. The molecule has 0 saturated heterocycles. The van der Waals surface area contributed by atoms with Gasteiger partial charge < -0.3 is 9.47 Å². The molecule has 1 aliphatic rings. The van der Waals surface area contributed by atoms with E-state index in [1.807, 2.05) is 18.2 Å². The van der Waals surface area contributed by atoms with E-state index in [0.717, 1.165) is 42.1 Å². The summed E-state index contributed by atoms with van der Waals surface area (Å²) in [7, 11) is 0. The maximum atomic E-state index is 12.9. The Morgan fingerprint density at radius 2 is 2.04 bits per heavy atom. The topological polar surface area (TPSA) is 25.2 Å². The van der Waals surface area contributed by atoms with Gasteiger partial charge in [-0.2, -0.15) is 0 Å². The number of benzene rings is 1. The van der Waals surface area contributed by atoms with Crippen LogP contribution in [0.1, 0.15) is 50.8 Å². The zero-order valence-corrected chi connectivity index (χ0v) is 15.9. The highest BCUT2D eigenvalue weighted by Crippen LogP contribution is 2.30. The SMILES string of the molecule is CC[C@@H](C)N(Cc1cccn1Cc1ccccc1Cl)C(=O)C1CCC1. The number of carbonyl (C=O) groups is 1. The Morgan fingerprint density at radius 1 is 1.28 bits per heavy atom. The molecule has 3 nitrogen and oxygen atoms in total. The Kier molecular flexibility index (Phi) is 5.85. The van der Waals surface area contributed by atoms with Gasteiger partial charge >= 0.3 is 0 Å². The van der Waals surface area contributed by atoms with Crippen molar-refractivity contribution in [1.82, 2.24) is 9.47 Å². The lowest BCUT2D eigenvalue weighted by Crippen LogP contribution is -2.43. The van der Waals surface area contributed by atoms with Crippen LogP contribution in [0.2, 0.25) is 5.02 Å². The van der Waals surface area contributed by atoms with Crippen LogP contribution in [0.4, 0.5) is 0 Å². The molecule has 1 atom stereocenters. The van der Waals surface area contributed by atoms with E-state index in [2.05, 4.69) is 47.7 Å². The highest BCUT2D eigenvalue weighted by molar-refractivity contribution is 6.31. The molecule has 0 unspecified atom stereocenters. The first kappa shape index (κ1) is 18.1. The van der Waals surface area contributed by atoms with Crippen molar-refractivity contribution in [3.05, 3.63) is 58.9 Å². The van der Waals surface area contributed by atoms with Crippen LogP contribution >= 0.6 is 11.6 Å². The summed E-state index contributed by atoms with van der Waals surface area (Å²) in [4.78, 5) is 14.9. The molecule has 134 valence electrons. The van der Waals surface area contributed by atoms with Crippen LogP contribution < -0.4 is 0 Å². The summed E-state index contributed by atoms with van der Waals surface area (Å²) in [5.74, 6) is 0.562. The maximum Gasteiger partial charge on any atom is 0.226 e. The van der Waals surface area contributed by atoms with Crippen LogP contribution in [-0.4, -0.2) is 21.4 Å². The maximum absolute atomic E-state index is 12.9. The van der Waals surface area contributed by atoms with E-state index in [1.165, 1.54) is 6.42 Å². The molecule has 0 spiro atoms. The third kappa shape index (κ3) is 4.09. The largest absolute Gasteiger partial charge is 0.345 e. The number of hydrogen-bond acceptors (Lipinski definition) is 1. The standard InChI is InChI=1S/C21H27ClN2O/c1-3-16(2)24(21(25)17-9-6-10-17)15-19-11-7-13-23(19)14-18-8-4-5-12-20(18)22/h4-5,7-8,11-13,16-17H,3,6,9-10,14-15H2,1-2H3/t16-/m1/s1. The predicted octanol–water partition coefficient (Wildman–Crippen LogP) is 5.12. The third-order valence-corrected chi connectivity index (χ3v) is 5.78. The molecule has 0 N–H and O–H groups in total. The first-order valence-electron chi connectivity index (χ1n) is 9.28. The van der Waals surface area contributed by atoms with Gasteiger partial charge in [0.05, 0.1) is 6.54 Å². The van der Waals surface area contributed by atoms with E-state index in [4.69, 9.17) is 11.6 Å². The van der Waals surface area contributed by atoms with Gasteiger partial charge in [-0.05, 0) is 49.9 Å². The Balaban J connectivity index is 1.77. The zero-order valence-electron chi connectivity index (χ0n) is 15.1. The van der Waals surface area contributed by atoms with Gasteiger partial charge in [0.2, 0.25) is 5.91 Å². The van der Waals surface area contributed by atoms with Gasteiger partial charge in [0.1, 0.15) is 0 Å². The number of aromatic nitrogens is 1. The third-order valence-electron chi connectivity index (χ3n) is 5.41. The highest BCUT2D eigenvalue weighted by Gasteiger charge is 2.31. The van der Waals surface area contributed by atoms with Gasteiger partial charge in [-0.3, -0.25) is 4.79 Å². The average Bonchev–Trinajstić information content (AvgIpc) is 2.99. The van der Waals surface area contributed by atoms with E-state index < -0.39 is 0 Å². The number of halogens is 1. The van der Waals surface area contributed by atoms with E-state index in [1.54, 1.807) is 0 Å². The molecular formula is C21H27ClN2O. The molecule has 3 rings (SSSR count). The summed E-state index contributed by atoms with van der Waals surface area (Å²) < 4.78 is 2.20. The molecule has 0 radical (unpaired) electrons. The molecule has 2 aromatic rings. The fourth-order valence-corrected chi connectivity index (χ4v) is 3.49. The molecular weight excluding hydrogens is 332 g/mol. The normalized spacial score (nSPS) is 15.6. The minimum Gasteiger partial charge on any atom is -0.345 e. The fraction of sp³-hybridized carbons (Fsp3) is 0.476. The van der Waals surface area contributed by atoms with E-state index >= 15 is 0 Å². The van der Waals surface area contributed by atoms with Crippen molar-refractivity contribution >= 4 is 17.5 Å². The molecule has 1 heterocycles. The average molecular weight is 359 g/mol. The van der Waals surface area contributed by atoms with Crippen LogP contribution in [0.5, 0.6) is 0 Å². The van der Waals surface area contributed by atoms with Crippen molar-refractivity contribution in [1.29, 1.82) is 0 Å². The van der Waals surface area contributed by atoms with Crippen molar-refractivity contribution in [2.75, 3.05) is 0 Å². The second-order valence-electron chi connectivity index (χ2n) is 7.07. The molecule has 0 aliphatic heterocycles. The second kappa shape index (κ2) is 8.09. The quantitative estimate of drug-likeness (QED) is 0.674. The van der Waals surface area contributed by atoms with Crippen LogP contribution in [0.3, 0.4) is 0 Å². The second-order valence-corrected chi connectivity index (χ2v) is 7.48. The van der Waals surface area contributed by atoms with Gasteiger partial charge in [-0.15, -0.1) is 0 Å². The van der Waals surface area contributed by atoms with Crippen molar-refractivity contribution in [3.63, 3.8) is 0 Å². The van der Waals surface area contributed by atoms with Crippen LogP contribution in [0.15, 0.2) is 42.6 Å². The minimum atomic E-state index is 0.237. The monoisotopic (exact) mass is 358 g/mol. The lowest BCUT2D eigenvalue weighted by atomic mass is 9.84. The summed E-state index contributed by atoms with van der Waals surface area (Å²) in [6, 6.07) is 12.4. The van der Waals surface area contributed by atoms with E-state index in [0.29, 0.717) is 12.5 Å². The molecule has 1 aromatic heterocycles. The van der Waals surface area contributed by atoms with Crippen molar-refractivity contribution in [3.8, 4) is 0 Å². The number of nitrogens with zero attached hydrogens (tertiary/aromatic N) is 2. The molecule has 1 amide bonds. The Labute approximate surface area is 155 Å². The van der Waals surface area contributed by atoms with Crippen molar-refractivity contribution in [2.45, 2.75) is 58.7 Å². The molecule has 25 heavy (non-hydrogen) atoms. The van der Waals surface area contributed by atoms with E-state index in [9.17, 15) is 4.79 Å². The van der Waals surface area contributed by atoms with E-state index in [-0.39, 0.29) is 12.0 Å². The van der Waals surface area contributed by atoms with Gasteiger partial charge in [0.15, 0.2) is 0 Å². The zero-order chi connectivity index (χ0) is 17.8. The molecule has 1 aliphatic carbocycles. The molecule has 4 heteroatoms. The Morgan fingerprint density at radius 3 is 2.68 bits per heavy atom. The van der Waals surface area contributed by atoms with Crippen LogP contribution in [-0.2, 0) is 17.9 Å². The van der Waals surface area contributed by atoms with Gasteiger partial charge in [-0.25, -0.2) is 0 Å². The first-order chi connectivity index (χ1) is 12.1. The Hall–Kier alpha value is -1.74. The van der Waals surface area contributed by atoms with Crippen LogP contribution in [0, 0.1) is 5.92 Å². The number of carbonyl (C=O) groups excluding carboxylic acids is 1. The molecule has 1 fully saturated rings. The summed E-state index contributed by atoms with van der Waals surface area (Å²) in [6.45, 7) is 5.70. The summed E-state index contributed by atoms with van der Waals surface area (Å²) in [6.07, 6.45) is 6.33. The van der Waals surface area contributed by atoms with Crippen molar-refractivity contribution in [2.24, 2.45) is 5.92 Å². The first-order valence-corrected chi connectivity index (χ1v) is 9.65. The van der Waals surface area contributed by atoms with Gasteiger partial charge in [-0.1, -0.05) is 43.1 Å². The summed E-state index contributed by atoms with van der Waals surface area (Å²) in [5, 5.41) is 0.784. The number of hydrogen-bond donors (Lipinski definition) is 0. The number of rotatable bonds is 7. The smallest absolute Gasteiger partial charge is 0.226 e. The molecule has 1 aromatic carbocycles. The lowest BCUT2D eigenvalue weighted by Gasteiger charge is -2.35. The minimum absolute atomic E-state index is 0.237. The van der Waals surface area contributed by atoms with Gasteiger partial charge in [0.25, 0.3) is 0 Å². The lowest BCUT2D eigenvalue weighted by molar-refractivity contribution is -0.141.